The molecule has 21 heavy (non-hydrogen) atoms. The molecule has 112 valence electrons. The number of piperidine rings is 1. The molecule has 0 bridgehead atoms. The summed E-state index contributed by atoms with van der Waals surface area (Å²) in [4.78, 5) is 13.3. The number of hydrogen-bond donors (Lipinski definition) is 3. The minimum Gasteiger partial charge on any atom is -0.388 e. The Bertz CT molecular complexity index is 654. The minimum atomic E-state index is -0.984. The van der Waals surface area contributed by atoms with E-state index in [1.54, 1.807) is 6.20 Å². The van der Waals surface area contributed by atoms with Crippen LogP contribution in [0.25, 0.3) is 10.9 Å². The normalized spacial score (nSPS) is 23.5. The number of nitrogens with two attached hydrogens (primary N) is 1. The molecule has 1 saturated heterocycles. The van der Waals surface area contributed by atoms with Gasteiger partial charge in [-0.3, -0.25) is 14.8 Å². The number of carbonyl (C=O) groups is 1. The zero-order valence-electron chi connectivity index (χ0n) is 11.9. The smallest absolute Gasteiger partial charge is 0.220 e. The summed E-state index contributed by atoms with van der Waals surface area (Å²) in [7, 11) is 0. The zero-order valence-corrected chi connectivity index (χ0v) is 11.9. The number of aromatic nitrogens is 2. The van der Waals surface area contributed by atoms with E-state index in [1.807, 2.05) is 6.07 Å². The largest absolute Gasteiger partial charge is 0.388 e. The first-order valence-electron chi connectivity index (χ1n) is 7.19. The maximum absolute atomic E-state index is 11.1. The first kappa shape index (κ1) is 14.0. The van der Waals surface area contributed by atoms with Crippen LogP contribution in [0.15, 0.2) is 24.4 Å². The highest BCUT2D eigenvalue weighted by atomic mass is 16.3. The van der Waals surface area contributed by atoms with Gasteiger partial charge >= 0.3 is 0 Å². The first-order valence-corrected chi connectivity index (χ1v) is 7.19. The molecule has 0 saturated carbocycles. The fourth-order valence-corrected chi connectivity index (χ4v) is 3.15. The second-order valence-electron chi connectivity index (χ2n) is 5.97. The molecule has 1 atom stereocenters. The van der Waals surface area contributed by atoms with Crippen LogP contribution < -0.4 is 5.73 Å². The van der Waals surface area contributed by atoms with E-state index >= 15 is 0 Å². The third-order valence-electron chi connectivity index (χ3n) is 4.05. The lowest BCUT2D eigenvalue weighted by Crippen LogP contribution is -2.49. The van der Waals surface area contributed by atoms with Gasteiger partial charge in [-0.2, -0.15) is 5.10 Å². The highest BCUT2D eigenvalue weighted by Crippen LogP contribution is 2.26. The molecular weight excluding hydrogens is 268 g/mol. The number of β-amino-alcohol motifs (C(OH)–C–C–N with tert-alkyl or cyclic N) is 1. The topological polar surface area (TPSA) is 95.2 Å². The number of amides is 1. The van der Waals surface area contributed by atoms with Crippen LogP contribution in [0.1, 0.15) is 24.8 Å². The molecule has 3 rings (SSSR count). The number of primary amides is 1. The van der Waals surface area contributed by atoms with E-state index in [9.17, 15) is 9.90 Å². The van der Waals surface area contributed by atoms with E-state index in [2.05, 4.69) is 27.2 Å². The summed E-state index contributed by atoms with van der Waals surface area (Å²) >= 11 is 0. The lowest BCUT2D eigenvalue weighted by molar-refractivity contribution is -0.125. The number of nitrogens with zero attached hydrogens (tertiary/aromatic N) is 2. The predicted octanol–water partition coefficient (Wildman–Crippen LogP) is 0.765. The summed E-state index contributed by atoms with van der Waals surface area (Å²) in [6.45, 7) is 2.15. The molecule has 0 radical (unpaired) electrons. The van der Waals surface area contributed by atoms with Crippen molar-refractivity contribution in [2.45, 2.75) is 31.4 Å². The predicted molar refractivity (Wildman–Crippen MR) is 79.4 cm³/mol. The number of aliphatic hydroxyl groups is 1. The Hall–Kier alpha value is -1.92. The monoisotopic (exact) mass is 288 g/mol. The Morgan fingerprint density at radius 3 is 3.19 bits per heavy atom. The van der Waals surface area contributed by atoms with Gasteiger partial charge < -0.3 is 10.8 Å². The van der Waals surface area contributed by atoms with Crippen LogP contribution in [0.2, 0.25) is 0 Å². The molecule has 1 aromatic heterocycles. The molecule has 1 amide bonds. The Balaban J connectivity index is 1.70. The van der Waals surface area contributed by atoms with Crippen molar-refractivity contribution in [2.24, 2.45) is 5.73 Å². The molecule has 2 heterocycles. The van der Waals surface area contributed by atoms with Gasteiger partial charge in [-0.05, 0) is 31.0 Å². The zero-order chi connectivity index (χ0) is 14.9. The van der Waals surface area contributed by atoms with Crippen LogP contribution in [0, 0.1) is 0 Å². The number of hydrogen-bond acceptors (Lipinski definition) is 4. The molecule has 6 heteroatoms. The maximum atomic E-state index is 11.1. The number of likely N-dealkylation sites (tertiary alicyclic amines) is 1. The number of aromatic amines is 1. The summed E-state index contributed by atoms with van der Waals surface area (Å²) in [5.74, 6) is -0.446. The van der Waals surface area contributed by atoms with Crippen LogP contribution in [0.4, 0.5) is 0 Å². The van der Waals surface area contributed by atoms with E-state index in [0.29, 0.717) is 13.0 Å². The molecule has 4 N–H and O–H groups in total. The molecule has 1 aromatic carbocycles. The summed E-state index contributed by atoms with van der Waals surface area (Å²) < 4.78 is 0. The second kappa shape index (κ2) is 5.46. The number of rotatable bonds is 4. The molecule has 1 fully saturated rings. The molecular formula is C15H20N4O2. The molecule has 2 aromatic rings. The van der Waals surface area contributed by atoms with E-state index in [4.69, 9.17) is 5.73 Å². The molecule has 1 aliphatic heterocycles. The molecule has 6 nitrogen and oxygen atoms in total. The van der Waals surface area contributed by atoms with Crippen molar-refractivity contribution in [3.05, 3.63) is 30.0 Å². The van der Waals surface area contributed by atoms with E-state index in [-0.39, 0.29) is 6.42 Å². The third kappa shape index (κ3) is 3.22. The van der Waals surface area contributed by atoms with Crippen molar-refractivity contribution in [3.8, 4) is 0 Å². The Morgan fingerprint density at radius 1 is 1.52 bits per heavy atom. The van der Waals surface area contributed by atoms with Crippen LogP contribution >= 0.6 is 0 Å². The van der Waals surface area contributed by atoms with Crippen LogP contribution in [-0.4, -0.2) is 44.8 Å². The molecule has 0 spiro atoms. The van der Waals surface area contributed by atoms with Gasteiger partial charge in [0, 0.05) is 18.5 Å². The standard InChI is InChI=1S/C15H20N4O2/c16-14(20)7-15(21)4-1-5-19(10-15)9-11-2-3-12-8-17-18-13(12)6-11/h2-3,6,8,21H,1,4-5,7,9-10H2,(H2,16,20)(H,17,18). The molecule has 1 aliphatic rings. The van der Waals surface area contributed by atoms with E-state index in [0.717, 1.165) is 36.0 Å². The Labute approximate surface area is 122 Å². The molecule has 0 aliphatic carbocycles. The van der Waals surface area contributed by atoms with E-state index in [1.165, 1.54) is 0 Å². The van der Waals surface area contributed by atoms with Gasteiger partial charge in [-0.25, -0.2) is 0 Å². The minimum absolute atomic E-state index is 0.0308. The van der Waals surface area contributed by atoms with Crippen molar-refractivity contribution in [2.75, 3.05) is 13.1 Å². The second-order valence-corrected chi connectivity index (χ2v) is 5.97. The van der Waals surface area contributed by atoms with Crippen molar-refractivity contribution >= 4 is 16.8 Å². The SMILES string of the molecule is NC(=O)CC1(O)CCCN(Cc2ccc3cn[nH]c3c2)C1. The van der Waals surface area contributed by atoms with Crippen LogP contribution in [0.5, 0.6) is 0 Å². The van der Waals surface area contributed by atoms with Gasteiger partial charge in [-0.15, -0.1) is 0 Å². The summed E-state index contributed by atoms with van der Waals surface area (Å²) in [5, 5.41) is 18.5. The number of carbonyl (C=O) groups excluding carboxylic acids is 1. The summed E-state index contributed by atoms with van der Waals surface area (Å²) in [6, 6.07) is 6.18. The van der Waals surface area contributed by atoms with Gasteiger partial charge in [0.2, 0.25) is 5.91 Å². The highest BCUT2D eigenvalue weighted by Gasteiger charge is 2.34. The maximum Gasteiger partial charge on any atom is 0.220 e. The number of nitrogens with one attached hydrogen (secondary N) is 1. The van der Waals surface area contributed by atoms with Crippen molar-refractivity contribution < 1.29 is 9.90 Å². The number of fused-ring (bicyclic) bond motifs is 1. The lowest BCUT2D eigenvalue weighted by Gasteiger charge is -2.38. The Morgan fingerprint density at radius 2 is 2.38 bits per heavy atom. The highest BCUT2D eigenvalue weighted by molar-refractivity contribution is 5.78. The van der Waals surface area contributed by atoms with Crippen molar-refractivity contribution in [1.82, 2.24) is 15.1 Å². The van der Waals surface area contributed by atoms with Gasteiger partial charge in [0.25, 0.3) is 0 Å². The van der Waals surface area contributed by atoms with Crippen LogP contribution in [0.3, 0.4) is 0 Å². The number of benzene rings is 1. The summed E-state index contributed by atoms with van der Waals surface area (Å²) in [6.07, 6.45) is 3.33. The lowest BCUT2D eigenvalue weighted by atomic mass is 9.89. The average molecular weight is 288 g/mol. The first-order chi connectivity index (χ1) is 10.0. The quantitative estimate of drug-likeness (QED) is 0.774. The fraction of sp³-hybridized carbons (Fsp3) is 0.467. The molecule has 1 unspecified atom stereocenters. The number of H-pyrrole nitrogens is 1. The van der Waals surface area contributed by atoms with Gasteiger partial charge in [0.15, 0.2) is 0 Å². The third-order valence-corrected chi connectivity index (χ3v) is 4.05. The van der Waals surface area contributed by atoms with E-state index < -0.39 is 11.5 Å². The van der Waals surface area contributed by atoms with Gasteiger partial charge in [0.05, 0.1) is 23.7 Å². The van der Waals surface area contributed by atoms with Gasteiger partial charge in [0.1, 0.15) is 0 Å². The fourth-order valence-electron chi connectivity index (χ4n) is 3.15. The Kier molecular flexibility index (Phi) is 3.65. The summed E-state index contributed by atoms with van der Waals surface area (Å²) in [5.41, 5.74) is 6.42. The van der Waals surface area contributed by atoms with Crippen LogP contribution in [-0.2, 0) is 11.3 Å². The average Bonchev–Trinajstić information content (AvgIpc) is 2.84. The van der Waals surface area contributed by atoms with Crippen molar-refractivity contribution in [1.29, 1.82) is 0 Å². The van der Waals surface area contributed by atoms with Crippen molar-refractivity contribution in [3.63, 3.8) is 0 Å². The van der Waals surface area contributed by atoms with Gasteiger partial charge in [-0.1, -0.05) is 12.1 Å².